The highest BCUT2D eigenvalue weighted by Crippen LogP contribution is 2.27. The van der Waals surface area contributed by atoms with Gasteiger partial charge in [-0.15, -0.1) is 0 Å². The Kier molecular flexibility index (Phi) is 2.26. The minimum absolute atomic E-state index is 0.172. The summed E-state index contributed by atoms with van der Waals surface area (Å²) in [6.45, 7) is 0. The predicted molar refractivity (Wildman–Crippen MR) is 66.9 cm³/mol. The van der Waals surface area contributed by atoms with Crippen molar-refractivity contribution in [2.75, 3.05) is 7.05 Å². The van der Waals surface area contributed by atoms with E-state index in [9.17, 15) is 9.18 Å². The average molecular weight is 243 g/mol. The van der Waals surface area contributed by atoms with E-state index in [-0.39, 0.29) is 11.7 Å². The molecule has 0 bridgehead atoms. The number of halogens is 1. The molecule has 5 heteroatoms. The Morgan fingerprint density at radius 2 is 2.17 bits per heavy atom. The molecule has 2 heterocycles. The number of carbonyl (C=O) groups excluding carboxylic acids is 1. The van der Waals surface area contributed by atoms with E-state index in [1.807, 2.05) is 0 Å². The SMILES string of the molecule is CNC(=O)c1ccc2c(c1)[nH]c1cncc(F)c12. The fourth-order valence-electron chi connectivity index (χ4n) is 2.10. The van der Waals surface area contributed by atoms with Gasteiger partial charge in [-0.2, -0.15) is 0 Å². The maximum atomic E-state index is 13.7. The third-order valence-electron chi connectivity index (χ3n) is 2.95. The van der Waals surface area contributed by atoms with Crippen molar-refractivity contribution >= 4 is 27.7 Å². The first-order valence-electron chi connectivity index (χ1n) is 5.47. The quantitative estimate of drug-likeness (QED) is 0.688. The summed E-state index contributed by atoms with van der Waals surface area (Å²) in [5.41, 5.74) is 1.88. The van der Waals surface area contributed by atoms with Crippen LogP contribution >= 0.6 is 0 Å². The van der Waals surface area contributed by atoms with Crippen LogP contribution in [0.2, 0.25) is 0 Å². The fraction of sp³-hybridized carbons (Fsp3) is 0.0769. The zero-order chi connectivity index (χ0) is 12.7. The Balaban J connectivity index is 2.34. The van der Waals surface area contributed by atoms with Gasteiger partial charge in [0.05, 0.1) is 17.9 Å². The van der Waals surface area contributed by atoms with Crippen LogP contribution < -0.4 is 5.32 Å². The number of hydrogen-bond donors (Lipinski definition) is 2. The molecule has 0 aliphatic heterocycles. The number of nitrogens with one attached hydrogen (secondary N) is 2. The van der Waals surface area contributed by atoms with Crippen LogP contribution in [0.1, 0.15) is 10.4 Å². The molecule has 0 saturated carbocycles. The van der Waals surface area contributed by atoms with Gasteiger partial charge >= 0.3 is 0 Å². The van der Waals surface area contributed by atoms with Crippen molar-refractivity contribution in [1.29, 1.82) is 0 Å². The first kappa shape index (κ1) is 10.7. The fourth-order valence-corrected chi connectivity index (χ4v) is 2.10. The molecule has 1 aromatic carbocycles. The van der Waals surface area contributed by atoms with E-state index in [0.29, 0.717) is 16.5 Å². The minimum atomic E-state index is -0.369. The van der Waals surface area contributed by atoms with Crippen LogP contribution in [-0.2, 0) is 0 Å². The lowest BCUT2D eigenvalue weighted by atomic mass is 10.1. The van der Waals surface area contributed by atoms with Crippen LogP contribution in [-0.4, -0.2) is 22.9 Å². The van der Waals surface area contributed by atoms with E-state index in [0.717, 1.165) is 10.9 Å². The average Bonchev–Trinajstić information content (AvgIpc) is 2.76. The summed E-state index contributed by atoms with van der Waals surface area (Å²) >= 11 is 0. The number of benzene rings is 1. The van der Waals surface area contributed by atoms with Crippen molar-refractivity contribution in [1.82, 2.24) is 15.3 Å². The molecule has 0 aliphatic carbocycles. The lowest BCUT2D eigenvalue weighted by molar-refractivity contribution is 0.0963. The maximum Gasteiger partial charge on any atom is 0.251 e. The third-order valence-corrected chi connectivity index (χ3v) is 2.95. The van der Waals surface area contributed by atoms with Crippen LogP contribution in [0.3, 0.4) is 0 Å². The zero-order valence-electron chi connectivity index (χ0n) is 9.62. The molecule has 0 atom stereocenters. The Morgan fingerprint density at radius 3 is 2.94 bits per heavy atom. The minimum Gasteiger partial charge on any atom is -0.355 e. The summed E-state index contributed by atoms with van der Waals surface area (Å²) in [6.07, 6.45) is 2.75. The van der Waals surface area contributed by atoms with Gasteiger partial charge in [-0.1, -0.05) is 6.07 Å². The van der Waals surface area contributed by atoms with Crippen LogP contribution in [0.15, 0.2) is 30.6 Å². The van der Waals surface area contributed by atoms with E-state index >= 15 is 0 Å². The summed E-state index contributed by atoms with van der Waals surface area (Å²) < 4.78 is 13.7. The molecule has 2 aromatic heterocycles. The van der Waals surface area contributed by atoms with Crippen molar-refractivity contribution in [3.05, 3.63) is 42.0 Å². The van der Waals surface area contributed by atoms with Gasteiger partial charge in [0.25, 0.3) is 5.91 Å². The number of nitrogens with zero attached hydrogens (tertiary/aromatic N) is 1. The molecule has 0 radical (unpaired) electrons. The van der Waals surface area contributed by atoms with Crippen molar-refractivity contribution in [2.45, 2.75) is 0 Å². The van der Waals surface area contributed by atoms with Crippen molar-refractivity contribution in [2.24, 2.45) is 0 Å². The number of H-pyrrole nitrogens is 1. The van der Waals surface area contributed by atoms with Gasteiger partial charge < -0.3 is 10.3 Å². The molecular weight excluding hydrogens is 233 g/mol. The van der Waals surface area contributed by atoms with E-state index in [2.05, 4.69) is 15.3 Å². The first-order valence-corrected chi connectivity index (χ1v) is 5.47. The second-order valence-corrected chi connectivity index (χ2v) is 4.01. The van der Waals surface area contributed by atoms with Gasteiger partial charge in [-0.25, -0.2) is 4.39 Å². The number of rotatable bonds is 1. The topological polar surface area (TPSA) is 57.8 Å². The highest BCUT2D eigenvalue weighted by atomic mass is 19.1. The molecule has 18 heavy (non-hydrogen) atoms. The number of carbonyl (C=O) groups is 1. The van der Waals surface area contributed by atoms with E-state index in [4.69, 9.17) is 0 Å². The van der Waals surface area contributed by atoms with Gasteiger partial charge in [0.2, 0.25) is 0 Å². The normalized spacial score (nSPS) is 11.0. The highest BCUT2D eigenvalue weighted by molar-refractivity contribution is 6.09. The van der Waals surface area contributed by atoms with Crippen molar-refractivity contribution < 1.29 is 9.18 Å². The molecular formula is C13H10FN3O. The van der Waals surface area contributed by atoms with Crippen molar-refractivity contribution in [3.8, 4) is 0 Å². The van der Waals surface area contributed by atoms with Gasteiger partial charge in [0, 0.05) is 28.9 Å². The summed E-state index contributed by atoms with van der Waals surface area (Å²) in [4.78, 5) is 18.4. The molecule has 3 aromatic rings. The molecule has 0 aliphatic rings. The molecule has 3 rings (SSSR count). The smallest absolute Gasteiger partial charge is 0.251 e. The Labute approximate surface area is 102 Å². The lowest BCUT2D eigenvalue weighted by Crippen LogP contribution is -2.17. The van der Waals surface area contributed by atoms with Crippen LogP contribution in [0, 0.1) is 5.82 Å². The summed E-state index contributed by atoms with van der Waals surface area (Å²) in [7, 11) is 1.57. The van der Waals surface area contributed by atoms with E-state index in [1.165, 1.54) is 6.20 Å². The Hall–Kier alpha value is -2.43. The van der Waals surface area contributed by atoms with E-state index in [1.54, 1.807) is 31.4 Å². The molecule has 0 fully saturated rings. The Morgan fingerprint density at radius 1 is 1.33 bits per heavy atom. The molecule has 0 spiro atoms. The summed E-state index contributed by atoms with van der Waals surface area (Å²) in [5, 5.41) is 3.80. The summed E-state index contributed by atoms with van der Waals surface area (Å²) in [5.74, 6) is -0.541. The number of amides is 1. The largest absolute Gasteiger partial charge is 0.355 e. The molecule has 90 valence electrons. The standard InChI is InChI=1S/C13H10FN3O/c1-15-13(18)7-2-3-8-10(4-7)17-11-6-16-5-9(14)12(8)11/h2-6,17H,1H3,(H,15,18). The monoisotopic (exact) mass is 243 g/mol. The number of hydrogen-bond acceptors (Lipinski definition) is 2. The van der Waals surface area contributed by atoms with E-state index < -0.39 is 0 Å². The van der Waals surface area contributed by atoms with Gasteiger partial charge in [-0.3, -0.25) is 9.78 Å². The van der Waals surface area contributed by atoms with Gasteiger partial charge in [0.1, 0.15) is 0 Å². The predicted octanol–water partition coefficient (Wildman–Crippen LogP) is 2.21. The molecule has 2 N–H and O–H groups in total. The zero-order valence-corrected chi connectivity index (χ0v) is 9.62. The second kappa shape index (κ2) is 3.80. The third kappa shape index (κ3) is 1.44. The van der Waals surface area contributed by atoms with Gasteiger partial charge in [-0.05, 0) is 12.1 Å². The summed E-state index contributed by atoms with van der Waals surface area (Å²) in [6, 6.07) is 5.11. The molecule has 0 unspecified atom stereocenters. The van der Waals surface area contributed by atoms with Gasteiger partial charge in [0.15, 0.2) is 5.82 Å². The maximum absolute atomic E-state index is 13.7. The number of aromatic amines is 1. The van der Waals surface area contributed by atoms with Crippen molar-refractivity contribution in [3.63, 3.8) is 0 Å². The second-order valence-electron chi connectivity index (χ2n) is 4.01. The number of aromatic nitrogens is 2. The number of fused-ring (bicyclic) bond motifs is 3. The van der Waals surface area contributed by atoms with Crippen LogP contribution in [0.4, 0.5) is 4.39 Å². The lowest BCUT2D eigenvalue weighted by Gasteiger charge is -1.99. The molecule has 1 amide bonds. The Bertz CT molecular complexity index is 763. The van der Waals surface area contributed by atoms with Crippen LogP contribution in [0.25, 0.3) is 21.8 Å². The molecule has 4 nitrogen and oxygen atoms in total. The van der Waals surface area contributed by atoms with Crippen LogP contribution in [0.5, 0.6) is 0 Å². The highest BCUT2D eigenvalue weighted by Gasteiger charge is 2.11. The number of pyridine rings is 1. The first-order chi connectivity index (χ1) is 8.70. The molecule has 0 saturated heterocycles.